The molecule has 51 heavy (non-hydrogen) atoms. The third-order valence-corrected chi connectivity index (χ3v) is 9.84. The first kappa shape index (κ1) is 30.4. The molecule has 0 amide bonds. The maximum atomic E-state index is 2.35. The monoisotopic (exact) mass is 649 g/mol. The van der Waals surface area contributed by atoms with E-state index in [1.54, 1.807) is 0 Å². The molecule has 0 spiro atoms. The van der Waals surface area contributed by atoms with Crippen LogP contribution in [0.3, 0.4) is 0 Å². The van der Waals surface area contributed by atoms with E-state index in [1.165, 1.54) is 66.1 Å². The molecule has 0 aliphatic heterocycles. The summed E-state index contributed by atoms with van der Waals surface area (Å²) in [7, 11) is 0. The van der Waals surface area contributed by atoms with E-state index in [0.29, 0.717) is 0 Å². The summed E-state index contributed by atoms with van der Waals surface area (Å²) in [5.74, 6) is 0. The molecular formula is C50H35N. The molecule has 1 nitrogen and oxygen atoms in total. The fourth-order valence-corrected chi connectivity index (χ4v) is 7.30. The van der Waals surface area contributed by atoms with E-state index < -0.39 is 0 Å². The van der Waals surface area contributed by atoms with Gasteiger partial charge in [-0.05, 0) is 115 Å². The zero-order valence-corrected chi connectivity index (χ0v) is 28.2. The Morgan fingerprint density at radius 1 is 0.235 bits per heavy atom. The van der Waals surface area contributed by atoms with Crippen LogP contribution in [0.2, 0.25) is 0 Å². The van der Waals surface area contributed by atoms with Gasteiger partial charge in [-0.1, -0.05) is 164 Å². The van der Waals surface area contributed by atoms with Crippen LogP contribution >= 0.6 is 0 Å². The smallest absolute Gasteiger partial charge is 0.0467 e. The lowest BCUT2D eigenvalue weighted by molar-refractivity contribution is 1.28. The van der Waals surface area contributed by atoms with Crippen LogP contribution in [0.15, 0.2) is 212 Å². The molecule has 0 saturated carbocycles. The number of rotatable bonds is 7. The Balaban J connectivity index is 1.10. The van der Waals surface area contributed by atoms with Gasteiger partial charge in [0.25, 0.3) is 0 Å². The summed E-state index contributed by atoms with van der Waals surface area (Å²) in [6.45, 7) is 0. The van der Waals surface area contributed by atoms with E-state index in [4.69, 9.17) is 0 Å². The molecule has 0 radical (unpaired) electrons. The fourth-order valence-electron chi connectivity index (χ4n) is 7.30. The number of hydrogen-bond donors (Lipinski definition) is 0. The summed E-state index contributed by atoms with van der Waals surface area (Å²) in [6.07, 6.45) is 0. The molecule has 9 aromatic rings. The molecule has 0 atom stereocenters. The van der Waals surface area contributed by atoms with Crippen molar-refractivity contribution in [3.63, 3.8) is 0 Å². The molecule has 0 aromatic heterocycles. The highest BCUT2D eigenvalue weighted by molar-refractivity contribution is 6.13. The Morgan fingerprint density at radius 3 is 1.35 bits per heavy atom. The maximum absolute atomic E-state index is 2.35. The van der Waals surface area contributed by atoms with Crippen molar-refractivity contribution in [3.05, 3.63) is 212 Å². The summed E-state index contributed by atoms with van der Waals surface area (Å²) in [5, 5.41) is 5.11. The van der Waals surface area contributed by atoms with Crippen molar-refractivity contribution in [1.82, 2.24) is 0 Å². The van der Waals surface area contributed by atoms with E-state index in [2.05, 4.69) is 217 Å². The van der Waals surface area contributed by atoms with Gasteiger partial charge in [0.05, 0.1) is 0 Å². The van der Waals surface area contributed by atoms with Crippen LogP contribution in [0.25, 0.3) is 66.1 Å². The van der Waals surface area contributed by atoms with Gasteiger partial charge >= 0.3 is 0 Å². The van der Waals surface area contributed by atoms with Crippen LogP contribution in [0.1, 0.15) is 0 Å². The summed E-state index contributed by atoms with van der Waals surface area (Å²) < 4.78 is 0. The van der Waals surface area contributed by atoms with Gasteiger partial charge < -0.3 is 4.90 Å². The predicted molar refractivity (Wildman–Crippen MR) is 218 cm³/mol. The number of anilines is 3. The number of hydrogen-bond acceptors (Lipinski definition) is 1. The van der Waals surface area contributed by atoms with Crippen LogP contribution < -0.4 is 4.90 Å². The third kappa shape index (κ3) is 5.96. The Hall–Kier alpha value is -6.70. The first-order chi connectivity index (χ1) is 25.3. The van der Waals surface area contributed by atoms with Gasteiger partial charge in [-0.15, -0.1) is 0 Å². The highest BCUT2D eigenvalue weighted by atomic mass is 15.1. The SMILES string of the molecule is c1ccc(-c2ccc(N(c3ccc(-c4cccc(-c5cc6ccccc6c6ccccc56)c4)cc3)c3cccc(-c4ccccc4)c3)cc2)cc1. The third-order valence-electron chi connectivity index (χ3n) is 9.84. The molecular weight excluding hydrogens is 615 g/mol. The molecule has 0 saturated heterocycles. The van der Waals surface area contributed by atoms with Crippen molar-refractivity contribution in [2.75, 3.05) is 4.90 Å². The lowest BCUT2D eigenvalue weighted by Crippen LogP contribution is -2.10. The highest BCUT2D eigenvalue weighted by Gasteiger charge is 2.15. The van der Waals surface area contributed by atoms with Gasteiger partial charge in [0.1, 0.15) is 0 Å². The van der Waals surface area contributed by atoms with Crippen molar-refractivity contribution < 1.29 is 0 Å². The van der Waals surface area contributed by atoms with Gasteiger partial charge in [0.15, 0.2) is 0 Å². The van der Waals surface area contributed by atoms with Gasteiger partial charge in [-0.25, -0.2) is 0 Å². The second-order valence-corrected chi connectivity index (χ2v) is 13.0. The normalized spacial score (nSPS) is 11.1. The summed E-state index contributed by atoms with van der Waals surface area (Å²) in [6, 6.07) is 76.6. The molecule has 0 unspecified atom stereocenters. The quantitative estimate of drug-likeness (QED) is 0.155. The van der Waals surface area contributed by atoms with Crippen LogP contribution in [-0.2, 0) is 0 Å². The van der Waals surface area contributed by atoms with Crippen molar-refractivity contribution in [1.29, 1.82) is 0 Å². The minimum Gasteiger partial charge on any atom is -0.310 e. The largest absolute Gasteiger partial charge is 0.310 e. The minimum atomic E-state index is 1.10. The Bertz CT molecular complexity index is 2600. The predicted octanol–water partition coefficient (Wildman–Crippen LogP) is 14.1. The van der Waals surface area contributed by atoms with Crippen molar-refractivity contribution in [3.8, 4) is 44.5 Å². The second kappa shape index (κ2) is 13.3. The van der Waals surface area contributed by atoms with Gasteiger partial charge in [0, 0.05) is 17.1 Å². The molecule has 9 aromatic carbocycles. The van der Waals surface area contributed by atoms with Crippen molar-refractivity contribution >= 4 is 38.6 Å². The Morgan fingerprint density at radius 2 is 0.686 bits per heavy atom. The average molecular weight is 650 g/mol. The fraction of sp³-hybridized carbons (Fsp3) is 0. The van der Waals surface area contributed by atoms with Crippen molar-refractivity contribution in [2.24, 2.45) is 0 Å². The molecule has 0 N–H and O–H groups in total. The van der Waals surface area contributed by atoms with E-state index >= 15 is 0 Å². The molecule has 0 aliphatic carbocycles. The highest BCUT2D eigenvalue weighted by Crippen LogP contribution is 2.40. The molecule has 0 bridgehead atoms. The maximum Gasteiger partial charge on any atom is 0.0467 e. The van der Waals surface area contributed by atoms with E-state index in [9.17, 15) is 0 Å². The number of fused-ring (bicyclic) bond motifs is 3. The van der Waals surface area contributed by atoms with E-state index in [-0.39, 0.29) is 0 Å². The summed E-state index contributed by atoms with van der Waals surface area (Å²) in [5.41, 5.74) is 13.0. The van der Waals surface area contributed by atoms with Crippen LogP contribution in [-0.4, -0.2) is 0 Å². The zero-order chi connectivity index (χ0) is 34.0. The lowest BCUT2D eigenvalue weighted by atomic mass is 9.92. The molecule has 0 heterocycles. The minimum absolute atomic E-state index is 1.10. The van der Waals surface area contributed by atoms with E-state index in [1.807, 2.05) is 0 Å². The van der Waals surface area contributed by atoms with Gasteiger partial charge in [-0.3, -0.25) is 0 Å². The zero-order valence-electron chi connectivity index (χ0n) is 28.2. The first-order valence-corrected chi connectivity index (χ1v) is 17.5. The topological polar surface area (TPSA) is 3.24 Å². The van der Waals surface area contributed by atoms with Crippen molar-refractivity contribution in [2.45, 2.75) is 0 Å². The molecule has 0 fully saturated rings. The number of benzene rings is 9. The standard InChI is InChI=1S/C50H35N/c1-3-13-36(14-4-1)38-25-29-44(30-26-38)51(46-21-12-19-41(34-46)37-15-5-2-6-16-37)45-31-27-39(28-32-45)40-18-11-20-42(33-40)50-35-43-17-7-8-22-47(43)48-23-9-10-24-49(48)50/h1-35H. The Labute approximate surface area is 299 Å². The lowest BCUT2D eigenvalue weighted by Gasteiger charge is -2.26. The molecule has 9 rings (SSSR count). The summed E-state index contributed by atoms with van der Waals surface area (Å²) in [4.78, 5) is 2.35. The number of nitrogens with zero attached hydrogens (tertiary/aromatic N) is 1. The Kier molecular flexibility index (Phi) is 7.92. The molecule has 240 valence electrons. The van der Waals surface area contributed by atoms with Crippen LogP contribution in [0.5, 0.6) is 0 Å². The molecule has 1 heteroatoms. The van der Waals surface area contributed by atoms with E-state index in [0.717, 1.165) is 17.1 Å². The average Bonchev–Trinajstić information content (AvgIpc) is 3.22. The van der Waals surface area contributed by atoms with Gasteiger partial charge in [-0.2, -0.15) is 0 Å². The first-order valence-electron chi connectivity index (χ1n) is 17.5. The summed E-state index contributed by atoms with van der Waals surface area (Å²) >= 11 is 0. The van der Waals surface area contributed by atoms with Crippen LogP contribution in [0.4, 0.5) is 17.1 Å². The van der Waals surface area contributed by atoms with Crippen LogP contribution in [0, 0.1) is 0 Å². The van der Waals surface area contributed by atoms with Gasteiger partial charge in [0.2, 0.25) is 0 Å². The second-order valence-electron chi connectivity index (χ2n) is 13.0. The molecule has 0 aliphatic rings.